The zero-order valence-corrected chi connectivity index (χ0v) is 11.9. The van der Waals surface area contributed by atoms with Crippen molar-refractivity contribution in [1.29, 1.82) is 0 Å². The molecule has 1 saturated heterocycles. The van der Waals surface area contributed by atoms with E-state index in [0.717, 1.165) is 19.5 Å². The first-order valence-corrected chi connectivity index (χ1v) is 5.82. The molecule has 0 aromatic rings. The Hall–Kier alpha value is -0.280. The van der Waals surface area contributed by atoms with Crippen LogP contribution in [0.5, 0.6) is 0 Å². The van der Waals surface area contributed by atoms with Crippen LogP contribution in [0.2, 0.25) is 0 Å². The second-order valence-corrected chi connectivity index (χ2v) is 5.65. The van der Waals surface area contributed by atoms with E-state index >= 15 is 0 Å². The second-order valence-electron chi connectivity index (χ2n) is 5.65. The summed E-state index contributed by atoms with van der Waals surface area (Å²) in [6.07, 6.45) is 1.08. The maximum absolute atomic E-state index is 12.2. The summed E-state index contributed by atoms with van der Waals surface area (Å²) in [6, 6.07) is 0.487. The Balaban J connectivity index is 0.00000225. The Morgan fingerprint density at radius 2 is 2.00 bits per heavy atom. The zero-order valence-electron chi connectivity index (χ0n) is 11.0. The van der Waals surface area contributed by atoms with Crippen LogP contribution >= 0.6 is 12.4 Å². The number of carbonyl (C=O) groups excluding carboxylic acids is 1. The minimum atomic E-state index is 0. The molecule has 0 aromatic heterocycles. The maximum Gasteiger partial charge on any atom is 0.225 e. The molecule has 16 heavy (non-hydrogen) atoms. The van der Waals surface area contributed by atoms with E-state index < -0.39 is 0 Å². The minimum absolute atomic E-state index is 0. The van der Waals surface area contributed by atoms with Gasteiger partial charge in [-0.1, -0.05) is 27.7 Å². The number of hydrogen-bond acceptors (Lipinski definition) is 2. The molecule has 1 aliphatic heterocycles. The lowest BCUT2D eigenvalue weighted by molar-refractivity contribution is -0.137. The highest BCUT2D eigenvalue weighted by molar-refractivity contribution is 5.85. The van der Waals surface area contributed by atoms with Crippen molar-refractivity contribution in [2.45, 2.75) is 40.2 Å². The molecule has 1 rings (SSSR count). The van der Waals surface area contributed by atoms with Crippen LogP contribution in [-0.4, -0.2) is 37.0 Å². The average molecular weight is 249 g/mol. The van der Waals surface area contributed by atoms with Gasteiger partial charge in [-0.25, -0.2) is 0 Å². The van der Waals surface area contributed by atoms with Gasteiger partial charge in [-0.15, -0.1) is 12.4 Å². The average Bonchev–Trinajstić information content (AvgIpc) is 2.62. The van der Waals surface area contributed by atoms with Crippen molar-refractivity contribution in [3.05, 3.63) is 0 Å². The molecule has 1 N–H and O–H groups in total. The summed E-state index contributed by atoms with van der Waals surface area (Å²) in [5.74, 6) is 0.411. The predicted octanol–water partition coefficient (Wildman–Crippen LogP) is 1.91. The Bertz CT molecular complexity index is 238. The van der Waals surface area contributed by atoms with E-state index in [1.807, 2.05) is 18.9 Å². The number of likely N-dealkylation sites (tertiary alicyclic amines) is 1. The van der Waals surface area contributed by atoms with Crippen LogP contribution in [0.1, 0.15) is 34.1 Å². The van der Waals surface area contributed by atoms with Crippen molar-refractivity contribution in [2.75, 3.05) is 20.1 Å². The zero-order chi connectivity index (χ0) is 11.6. The lowest BCUT2D eigenvalue weighted by Gasteiger charge is -2.30. The summed E-state index contributed by atoms with van der Waals surface area (Å²) in [6.45, 7) is 10.2. The van der Waals surface area contributed by atoms with Crippen LogP contribution in [0.25, 0.3) is 0 Å². The topological polar surface area (TPSA) is 32.3 Å². The molecule has 0 radical (unpaired) electrons. The molecule has 1 aliphatic rings. The highest BCUT2D eigenvalue weighted by Crippen LogP contribution is 2.28. The van der Waals surface area contributed by atoms with Gasteiger partial charge in [0.15, 0.2) is 0 Å². The number of halogens is 1. The number of amides is 1. The third-order valence-electron chi connectivity index (χ3n) is 3.58. The first-order valence-electron chi connectivity index (χ1n) is 5.82. The largest absolute Gasteiger partial charge is 0.341 e. The summed E-state index contributed by atoms with van der Waals surface area (Å²) in [4.78, 5) is 14.1. The fraction of sp³-hybridized carbons (Fsp3) is 0.917. The van der Waals surface area contributed by atoms with E-state index in [1.54, 1.807) is 0 Å². The smallest absolute Gasteiger partial charge is 0.225 e. The first kappa shape index (κ1) is 15.7. The third-order valence-corrected chi connectivity index (χ3v) is 3.58. The Morgan fingerprint density at radius 3 is 2.38 bits per heavy atom. The summed E-state index contributed by atoms with van der Waals surface area (Å²) >= 11 is 0. The van der Waals surface area contributed by atoms with Gasteiger partial charge >= 0.3 is 0 Å². The van der Waals surface area contributed by atoms with Crippen LogP contribution in [0.3, 0.4) is 0 Å². The summed E-state index contributed by atoms with van der Waals surface area (Å²) in [7, 11) is 1.96. The van der Waals surface area contributed by atoms with Gasteiger partial charge in [0.1, 0.15) is 0 Å². The van der Waals surface area contributed by atoms with Gasteiger partial charge in [-0.05, 0) is 18.9 Å². The van der Waals surface area contributed by atoms with Gasteiger partial charge in [-0.2, -0.15) is 0 Å². The Kier molecular flexibility index (Phi) is 5.77. The molecule has 2 atom stereocenters. The number of rotatable bonds is 2. The summed E-state index contributed by atoms with van der Waals surface area (Å²) < 4.78 is 0. The fourth-order valence-electron chi connectivity index (χ4n) is 1.84. The quantitative estimate of drug-likeness (QED) is 0.810. The van der Waals surface area contributed by atoms with Crippen LogP contribution < -0.4 is 5.32 Å². The lowest BCUT2D eigenvalue weighted by Crippen LogP contribution is -2.40. The normalized spacial score (nSPS) is 22.8. The van der Waals surface area contributed by atoms with E-state index in [0.29, 0.717) is 11.9 Å². The third kappa shape index (κ3) is 3.63. The van der Waals surface area contributed by atoms with E-state index in [9.17, 15) is 4.79 Å². The standard InChI is InChI=1S/C12H24N2O.ClH/c1-9(12(2,3)4)11(15)14-7-6-10(8-14)13-5;/h9-10,13H,6-8H2,1-5H3;1H. The van der Waals surface area contributed by atoms with Gasteiger partial charge < -0.3 is 10.2 Å². The van der Waals surface area contributed by atoms with E-state index in [2.05, 4.69) is 26.1 Å². The number of nitrogens with one attached hydrogen (secondary N) is 1. The van der Waals surface area contributed by atoms with Gasteiger partial charge in [-0.3, -0.25) is 4.79 Å². The number of likely N-dealkylation sites (N-methyl/N-ethyl adjacent to an activating group) is 1. The number of nitrogens with zero attached hydrogens (tertiary/aromatic N) is 1. The summed E-state index contributed by atoms with van der Waals surface area (Å²) in [5, 5.41) is 3.23. The molecule has 4 heteroatoms. The molecule has 0 aliphatic carbocycles. The van der Waals surface area contributed by atoms with Crippen LogP contribution in [0.15, 0.2) is 0 Å². The van der Waals surface area contributed by atoms with Gasteiger partial charge in [0, 0.05) is 25.0 Å². The molecular weight excluding hydrogens is 224 g/mol. The van der Waals surface area contributed by atoms with Crippen LogP contribution in [-0.2, 0) is 4.79 Å². The molecule has 0 aromatic carbocycles. The van der Waals surface area contributed by atoms with Crippen LogP contribution in [0.4, 0.5) is 0 Å². The fourth-order valence-corrected chi connectivity index (χ4v) is 1.84. The SMILES string of the molecule is CNC1CCN(C(=O)C(C)C(C)(C)C)C1.Cl. The van der Waals surface area contributed by atoms with Gasteiger partial charge in [0.25, 0.3) is 0 Å². The van der Waals surface area contributed by atoms with Gasteiger partial charge in [0.2, 0.25) is 5.91 Å². The van der Waals surface area contributed by atoms with Crippen molar-refractivity contribution in [3.63, 3.8) is 0 Å². The predicted molar refractivity (Wildman–Crippen MR) is 69.9 cm³/mol. The van der Waals surface area contributed by atoms with Gasteiger partial charge in [0.05, 0.1) is 0 Å². The second kappa shape index (κ2) is 5.87. The minimum Gasteiger partial charge on any atom is -0.341 e. The highest BCUT2D eigenvalue weighted by Gasteiger charge is 2.33. The lowest BCUT2D eigenvalue weighted by atomic mass is 9.81. The molecule has 2 unspecified atom stereocenters. The number of carbonyl (C=O) groups is 1. The maximum atomic E-state index is 12.2. The molecule has 0 saturated carbocycles. The number of hydrogen-bond donors (Lipinski definition) is 1. The monoisotopic (exact) mass is 248 g/mol. The first-order chi connectivity index (χ1) is 6.86. The summed E-state index contributed by atoms with van der Waals surface area (Å²) in [5.41, 5.74) is 0.0643. The van der Waals surface area contributed by atoms with Crippen molar-refractivity contribution >= 4 is 18.3 Å². The highest BCUT2D eigenvalue weighted by atomic mass is 35.5. The molecule has 3 nitrogen and oxygen atoms in total. The molecule has 0 bridgehead atoms. The molecule has 0 spiro atoms. The van der Waals surface area contributed by atoms with E-state index in [-0.39, 0.29) is 23.7 Å². The molecule has 96 valence electrons. The van der Waals surface area contributed by atoms with Crippen molar-refractivity contribution < 1.29 is 4.79 Å². The van der Waals surface area contributed by atoms with Crippen molar-refractivity contribution in [3.8, 4) is 0 Å². The Morgan fingerprint density at radius 1 is 1.44 bits per heavy atom. The molecule has 1 fully saturated rings. The molecule has 1 heterocycles. The van der Waals surface area contributed by atoms with E-state index in [1.165, 1.54) is 0 Å². The van der Waals surface area contributed by atoms with Crippen molar-refractivity contribution in [2.24, 2.45) is 11.3 Å². The Labute approximate surface area is 105 Å². The van der Waals surface area contributed by atoms with Crippen molar-refractivity contribution in [1.82, 2.24) is 10.2 Å². The molecule has 1 amide bonds. The van der Waals surface area contributed by atoms with E-state index in [4.69, 9.17) is 0 Å². The van der Waals surface area contributed by atoms with Crippen LogP contribution in [0, 0.1) is 11.3 Å². The molecular formula is C12H25ClN2O.